The molecule has 37 heavy (non-hydrogen) atoms. The summed E-state index contributed by atoms with van der Waals surface area (Å²) in [4.78, 5) is 44.9. The van der Waals surface area contributed by atoms with E-state index in [1.807, 2.05) is 51.1 Å². The Balaban J connectivity index is 1.88. The predicted octanol–water partition coefficient (Wildman–Crippen LogP) is 4.89. The first-order valence-corrected chi connectivity index (χ1v) is 13.2. The highest BCUT2D eigenvalue weighted by molar-refractivity contribution is 6.29. The van der Waals surface area contributed by atoms with E-state index in [9.17, 15) is 19.5 Å². The van der Waals surface area contributed by atoms with Gasteiger partial charge in [-0.15, -0.1) is 0 Å². The molecule has 1 aromatic carbocycles. The SMILES string of the molecule is CC(C)(C)[C@H]1[C@H](Nc2cc(C(N)=O)cc(Cl)n2)[C@H](c2ccccc2)N(C(=O)C2CCCCC2)[C@@H]1C(=O)O. The number of hydrogen-bond acceptors (Lipinski definition) is 5. The van der Waals surface area contributed by atoms with Crippen LogP contribution in [0.2, 0.25) is 5.15 Å². The molecule has 2 aliphatic rings. The quantitative estimate of drug-likeness (QED) is 0.460. The summed E-state index contributed by atoms with van der Waals surface area (Å²) in [5, 5.41) is 14.0. The largest absolute Gasteiger partial charge is 0.480 e. The van der Waals surface area contributed by atoms with Gasteiger partial charge in [0.15, 0.2) is 0 Å². The molecule has 2 fully saturated rings. The lowest BCUT2D eigenvalue weighted by Crippen LogP contribution is -2.49. The van der Waals surface area contributed by atoms with Crippen LogP contribution in [0.1, 0.15) is 74.8 Å². The fourth-order valence-corrected chi connectivity index (χ4v) is 6.31. The number of rotatable bonds is 6. The molecule has 1 aliphatic carbocycles. The van der Waals surface area contributed by atoms with E-state index < -0.39 is 41.3 Å². The Bertz CT molecular complexity index is 1160. The van der Waals surface area contributed by atoms with E-state index in [-0.39, 0.29) is 22.5 Å². The molecule has 0 unspecified atom stereocenters. The number of carbonyl (C=O) groups is 3. The second-order valence-electron chi connectivity index (χ2n) is 11.2. The molecule has 9 heteroatoms. The van der Waals surface area contributed by atoms with Crippen LogP contribution in [0.3, 0.4) is 0 Å². The fraction of sp³-hybridized carbons (Fsp3) is 0.500. The van der Waals surface area contributed by atoms with Crippen molar-refractivity contribution in [3.8, 4) is 0 Å². The van der Waals surface area contributed by atoms with Gasteiger partial charge in [-0.05, 0) is 36.0 Å². The van der Waals surface area contributed by atoms with Crippen molar-refractivity contribution in [3.63, 3.8) is 0 Å². The monoisotopic (exact) mass is 526 g/mol. The smallest absolute Gasteiger partial charge is 0.326 e. The second kappa shape index (κ2) is 10.7. The van der Waals surface area contributed by atoms with Crippen molar-refractivity contribution < 1.29 is 19.5 Å². The molecule has 2 aromatic rings. The second-order valence-corrected chi connectivity index (χ2v) is 11.6. The van der Waals surface area contributed by atoms with Crippen molar-refractivity contribution in [1.29, 1.82) is 0 Å². The number of carbonyl (C=O) groups excluding carboxylic acids is 2. The summed E-state index contributed by atoms with van der Waals surface area (Å²) >= 11 is 6.20. The average molecular weight is 527 g/mol. The van der Waals surface area contributed by atoms with E-state index in [4.69, 9.17) is 17.3 Å². The van der Waals surface area contributed by atoms with Gasteiger partial charge in [-0.2, -0.15) is 0 Å². The number of carboxylic acid groups (broad SMARTS) is 1. The third-order valence-electron chi connectivity index (χ3n) is 7.66. The predicted molar refractivity (Wildman–Crippen MR) is 142 cm³/mol. The van der Waals surface area contributed by atoms with Gasteiger partial charge in [0.05, 0.1) is 12.1 Å². The number of halogens is 1. The Kier molecular flexibility index (Phi) is 7.78. The van der Waals surface area contributed by atoms with Gasteiger partial charge < -0.3 is 21.1 Å². The molecule has 2 heterocycles. The third kappa shape index (κ3) is 5.59. The van der Waals surface area contributed by atoms with Crippen LogP contribution in [0.15, 0.2) is 42.5 Å². The van der Waals surface area contributed by atoms with Gasteiger partial charge >= 0.3 is 5.97 Å². The van der Waals surface area contributed by atoms with Crippen molar-refractivity contribution in [2.75, 3.05) is 5.32 Å². The highest BCUT2D eigenvalue weighted by atomic mass is 35.5. The van der Waals surface area contributed by atoms with E-state index in [1.165, 1.54) is 12.1 Å². The number of aromatic nitrogens is 1. The van der Waals surface area contributed by atoms with Crippen LogP contribution in [0.4, 0.5) is 5.82 Å². The van der Waals surface area contributed by atoms with Crippen LogP contribution >= 0.6 is 11.6 Å². The number of nitrogens with two attached hydrogens (primary N) is 1. The summed E-state index contributed by atoms with van der Waals surface area (Å²) in [6, 6.07) is 10.3. The van der Waals surface area contributed by atoms with Crippen LogP contribution in [-0.4, -0.2) is 44.9 Å². The van der Waals surface area contributed by atoms with Crippen molar-refractivity contribution in [2.45, 2.75) is 71.0 Å². The van der Waals surface area contributed by atoms with Gasteiger partial charge in [0, 0.05) is 17.4 Å². The summed E-state index contributed by atoms with van der Waals surface area (Å²) < 4.78 is 0. The average Bonchev–Trinajstić information content (AvgIpc) is 3.19. The van der Waals surface area contributed by atoms with Crippen LogP contribution in [0.5, 0.6) is 0 Å². The molecule has 0 spiro atoms. The van der Waals surface area contributed by atoms with Crippen LogP contribution in [0.25, 0.3) is 0 Å². The maximum Gasteiger partial charge on any atom is 0.326 e. The molecule has 4 N–H and O–H groups in total. The molecule has 4 rings (SSSR count). The number of aliphatic carboxylic acids is 1. The first kappa shape index (κ1) is 26.9. The number of pyridine rings is 1. The Hall–Kier alpha value is -3.13. The van der Waals surface area contributed by atoms with E-state index in [2.05, 4.69) is 10.3 Å². The number of nitrogens with one attached hydrogen (secondary N) is 1. The van der Waals surface area contributed by atoms with Crippen LogP contribution in [-0.2, 0) is 9.59 Å². The Morgan fingerprint density at radius 3 is 2.30 bits per heavy atom. The molecule has 1 saturated heterocycles. The summed E-state index contributed by atoms with van der Waals surface area (Å²) in [6.07, 6.45) is 4.54. The van der Waals surface area contributed by atoms with E-state index in [0.29, 0.717) is 5.82 Å². The van der Waals surface area contributed by atoms with Gasteiger partial charge in [-0.3, -0.25) is 9.59 Å². The van der Waals surface area contributed by atoms with Gasteiger partial charge in [0.2, 0.25) is 11.8 Å². The van der Waals surface area contributed by atoms with Crippen molar-refractivity contribution >= 4 is 35.2 Å². The van der Waals surface area contributed by atoms with Gasteiger partial charge in [0.25, 0.3) is 0 Å². The molecular formula is C28H35ClN4O4. The highest BCUT2D eigenvalue weighted by Crippen LogP contribution is 2.50. The normalized spacial score (nSPS) is 24.6. The lowest BCUT2D eigenvalue weighted by molar-refractivity contribution is -0.154. The maximum atomic E-state index is 14.1. The first-order valence-electron chi connectivity index (χ1n) is 12.8. The Labute approximate surface area is 222 Å². The number of nitrogens with zero attached hydrogens (tertiary/aromatic N) is 2. The minimum Gasteiger partial charge on any atom is -0.480 e. The number of hydrogen-bond donors (Lipinski definition) is 3. The minimum absolute atomic E-state index is 0.0882. The molecule has 0 bridgehead atoms. The number of anilines is 1. The van der Waals surface area contributed by atoms with Crippen molar-refractivity contribution in [2.24, 2.45) is 23.0 Å². The van der Waals surface area contributed by atoms with Crippen molar-refractivity contribution in [3.05, 3.63) is 58.7 Å². The molecule has 8 nitrogen and oxygen atoms in total. The fourth-order valence-electron chi connectivity index (χ4n) is 6.10. The summed E-state index contributed by atoms with van der Waals surface area (Å²) in [5.41, 5.74) is 6.02. The van der Waals surface area contributed by atoms with E-state index >= 15 is 0 Å². The molecule has 4 atom stereocenters. The topological polar surface area (TPSA) is 126 Å². The summed E-state index contributed by atoms with van der Waals surface area (Å²) in [6.45, 7) is 5.96. The number of carboxylic acids is 1. The van der Waals surface area contributed by atoms with Gasteiger partial charge in [0.1, 0.15) is 17.0 Å². The standard InChI is InChI=1S/C28H35ClN4O4/c1-28(2,3)21-22(32-20-15-18(25(30)34)14-19(29)31-20)23(16-10-6-4-7-11-16)33(24(21)27(36)37)26(35)17-12-8-5-9-13-17/h4,6-7,10-11,14-15,17,21-24H,5,8-9,12-13H2,1-3H3,(H2,30,34)(H,31,32)(H,36,37)/t21-,22-,23-,24-/m0/s1. The van der Waals surface area contributed by atoms with E-state index in [0.717, 1.165) is 37.7 Å². The Morgan fingerprint density at radius 2 is 1.73 bits per heavy atom. The summed E-state index contributed by atoms with van der Waals surface area (Å²) in [7, 11) is 0. The lowest BCUT2D eigenvalue weighted by Gasteiger charge is -2.36. The number of amides is 2. The molecule has 2 amide bonds. The first-order chi connectivity index (χ1) is 17.5. The number of primary amides is 1. The van der Waals surface area contributed by atoms with Crippen LogP contribution < -0.4 is 11.1 Å². The molecule has 0 radical (unpaired) electrons. The van der Waals surface area contributed by atoms with Crippen molar-refractivity contribution in [1.82, 2.24) is 9.88 Å². The lowest BCUT2D eigenvalue weighted by atomic mass is 9.72. The molecule has 1 aliphatic heterocycles. The zero-order chi connectivity index (χ0) is 26.9. The molecule has 1 saturated carbocycles. The van der Waals surface area contributed by atoms with E-state index in [1.54, 1.807) is 4.90 Å². The molecule has 1 aromatic heterocycles. The number of benzene rings is 1. The zero-order valence-electron chi connectivity index (χ0n) is 21.5. The zero-order valence-corrected chi connectivity index (χ0v) is 22.2. The Morgan fingerprint density at radius 1 is 1.08 bits per heavy atom. The minimum atomic E-state index is -1.05. The molecular weight excluding hydrogens is 492 g/mol. The third-order valence-corrected chi connectivity index (χ3v) is 7.86. The van der Waals surface area contributed by atoms with Gasteiger partial charge in [-0.25, -0.2) is 9.78 Å². The number of likely N-dealkylation sites (tertiary alicyclic amines) is 1. The highest BCUT2D eigenvalue weighted by Gasteiger charge is 2.58. The maximum absolute atomic E-state index is 14.1. The van der Waals surface area contributed by atoms with Gasteiger partial charge in [-0.1, -0.05) is 82.0 Å². The molecule has 198 valence electrons. The summed E-state index contributed by atoms with van der Waals surface area (Å²) in [5.74, 6) is -2.18. The van der Waals surface area contributed by atoms with Crippen LogP contribution in [0, 0.1) is 17.3 Å².